The third-order valence-electron chi connectivity index (χ3n) is 3.17. The molecular weight excluding hydrogens is 272 g/mol. The highest BCUT2D eigenvalue weighted by atomic mass is 16.4. The molecule has 116 valence electrons. The zero-order valence-corrected chi connectivity index (χ0v) is 12.5. The molecule has 0 bridgehead atoms. The summed E-state index contributed by atoms with van der Waals surface area (Å²) in [4.78, 5) is 25.0. The highest BCUT2D eigenvalue weighted by Gasteiger charge is 2.07. The van der Waals surface area contributed by atoms with Crippen LogP contribution in [-0.4, -0.2) is 54.2 Å². The van der Waals surface area contributed by atoms with Gasteiger partial charge >= 0.3 is 11.9 Å². The first kappa shape index (κ1) is 17.0. The first-order valence-corrected chi connectivity index (χ1v) is 6.80. The minimum atomic E-state index is -0.814. The Bertz CT molecular complexity index is 490. The van der Waals surface area contributed by atoms with E-state index in [1.807, 2.05) is 48.2 Å². The number of rotatable bonds is 9. The van der Waals surface area contributed by atoms with Crippen molar-refractivity contribution in [3.63, 3.8) is 0 Å². The predicted octanol–water partition coefficient (Wildman–Crippen LogP) is 1.50. The van der Waals surface area contributed by atoms with Crippen LogP contribution >= 0.6 is 0 Å². The Morgan fingerprint density at radius 1 is 1.05 bits per heavy atom. The second kappa shape index (κ2) is 8.26. The maximum absolute atomic E-state index is 10.6. The first-order chi connectivity index (χ1) is 9.88. The average molecular weight is 294 g/mol. The van der Waals surface area contributed by atoms with Crippen LogP contribution in [0, 0.1) is 0 Å². The third kappa shape index (κ3) is 6.76. The van der Waals surface area contributed by atoms with Crippen molar-refractivity contribution in [3.8, 4) is 0 Å². The number of nitrogens with zero attached hydrogens (tertiary/aromatic N) is 2. The normalized spacial score (nSPS) is 10.6. The number of anilines is 1. The predicted molar refractivity (Wildman–Crippen MR) is 80.6 cm³/mol. The molecule has 0 amide bonds. The lowest BCUT2D eigenvalue weighted by molar-refractivity contribution is -0.138. The van der Waals surface area contributed by atoms with E-state index in [0.29, 0.717) is 19.6 Å². The van der Waals surface area contributed by atoms with E-state index in [1.54, 1.807) is 0 Å². The van der Waals surface area contributed by atoms with Gasteiger partial charge in [-0.1, -0.05) is 12.1 Å². The molecule has 0 unspecified atom stereocenters. The van der Waals surface area contributed by atoms with E-state index in [1.165, 1.54) is 0 Å². The van der Waals surface area contributed by atoms with Crippen molar-refractivity contribution in [1.29, 1.82) is 0 Å². The lowest BCUT2D eigenvalue weighted by Crippen LogP contribution is -2.23. The van der Waals surface area contributed by atoms with Crippen molar-refractivity contribution >= 4 is 17.6 Å². The molecule has 0 aromatic heterocycles. The molecule has 0 aliphatic heterocycles. The molecule has 2 N–H and O–H groups in total. The lowest BCUT2D eigenvalue weighted by atomic mass is 10.1. The SMILES string of the molecule is CN(CCC(=O)O)Cc1cccc(N(C)CCC(=O)O)c1. The highest BCUT2D eigenvalue weighted by molar-refractivity contribution is 5.67. The van der Waals surface area contributed by atoms with E-state index in [4.69, 9.17) is 10.2 Å². The van der Waals surface area contributed by atoms with Crippen LogP contribution in [0.2, 0.25) is 0 Å². The van der Waals surface area contributed by atoms with E-state index < -0.39 is 11.9 Å². The monoisotopic (exact) mass is 294 g/mol. The Morgan fingerprint density at radius 2 is 1.67 bits per heavy atom. The number of carboxylic acids is 2. The Morgan fingerprint density at radius 3 is 2.29 bits per heavy atom. The highest BCUT2D eigenvalue weighted by Crippen LogP contribution is 2.16. The van der Waals surface area contributed by atoms with Crippen LogP contribution in [0.1, 0.15) is 18.4 Å². The molecule has 1 aromatic rings. The Labute approximate surface area is 124 Å². The maximum Gasteiger partial charge on any atom is 0.305 e. The maximum atomic E-state index is 10.6. The summed E-state index contributed by atoms with van der Waals surface area (Å²) in [7, 11) is 3.74. The van der Waals surface area contributed by atoms with E-state index in [9.17, 15) is 9.59 Å². The van der Waals surface area contributed by atoms with Crippen LogP contribution in [-0.2, 0) is 16.1 Å². The van der Waals surface area contributed by atoms with Crippen LogP contribution in [0.25, 0.3) is 0 Å². The zero-order valence-electron chi connectivity index (χ0n) is 12.5. The smallest absolute Gasteiger partial charge is 0.305 e. The van der Waals surface area contributed by atoms with Crippen LogP contribution in [0.3, 0.4) is 0 Å². The van der Waals surface area contributed by atoms with Crippen molar-refractivity contribution in [2.45, 2.75) is 19.4 Å². The van der Waals surface area contributed by atoms with Gasteiger partial charge < -0.3 is 20.0 Å². The average Bonchev–Trinajstić information content (AvgIpc) is 2.42. The van der Waals surface area contributed by atoms with Gasteiger partial charge in [0.25, 0.3) is 0 Å². The number of aliphatic carboxylic acids is 2. The molecule has 0 saturated carbocycles. The van der Waals surface area contributed by atoms with Crippen molar-refractivity contribution in [2.24, 2.45) is 0 Å². The summed E-state index contributed by atoms with van der Waals surface area (Å²) in [6, 6.07) is 7.83. The fourth-order valence-electron chi connectivity index (χ4n) is 1.96. The minimum Gasteiger partial charge on any atom is -0.481 e. The summed E-state index contributed by atoms with van der Waals surface area (Å²) in [5.74, 6) is -1.62. The first-order valence-electron chi connectivity index (χ1n) is 6.80. The van der Waals surface area contributed by atoms with Gasteiger partial charge in [-0.3, -0.25) is 9.59 Å². The lowest BCUT2D eigenvalue weighted by Gasteiger charge is -2.20. The molecule has 0 radical (unpaired) electrons. The van der Waals surface area contributed by atoms with Gasteiger partial charge in [-0.15, -0.1) is 0 Å². The summed E-state index contributed by atoms with van der Waals surface area (Å²) < 4.78 is 0. The van der Waals surface area contributed by atoms with Crippen LogP contribution in [0.4, 0.5) is 5.69 Å². The molecule has 6 nitrogen and oxygen atoms in total. The van der Waals surface area contributed by atoms with E-state index >= 15 is 0 Å². The fourth-order valence-corrected chi connectivity index (χ4v) is 1.96. The van der Waals surface area contributed by atoms with Gasteiger partial charge in [0, 0.05) is 32.4 Å². The summed E-state index contributed by atoms with van der Waals surface area (Å²) in [5.41, 5.74) is 2.03. The molecule has 0 aliphatic carbocycles. The standard InChI is InChI=1S/C15H22N2O4/c1-16(8-6-14(18)19)11-12-4-3-5-13(10-12)17(2)9-7-15(20)21/h3-5,10H,6-9,11H2,1-2H3,(H,18,19)(H,20,21). The second-order valence-corrected chi connectivity index (χ2v) is 5.12. The van der Waals surface area contributed by atoms with E-state index in [2.05, 4.69) is 0 Å². The van der Waals surface area contributed by atoms with Crippen molar-refractivity contribution in [1.82, 2.24) is 4.90 Å². The molecule has 6 heteroatoms. The van der Waals surface area contributed by atoms with Gasteiger partial charge in [0.05, 0.1) is 12.8 Å². The fraction of sp³-hybridized carbons (Fsp3) is 0.467. The topological polar surface area (TPSA) is 81.1 Å². The van der Waals surface area contributed by atoms with Gasteiger partial charge in [0.1, 0.15) is 0 Å². The molecule has 1 aromatic carbocycles. The third-order valence-corrected chi connectivity index (χ3v) is 3.17. The molecule has 21 heavy (non-hydrogen) atoms. The zero-order chi connectivity index (χ0) is 15.8. The van der Waals surface area contributed by atoms with Gasteiger partial charge in [-0.05, 0) is 24.7 Å². The van der Waals surface area contributed by atoms with Gasteiger partial charge in [-0.25, -0.2) is 0 Å². The van der Waals surface area contributed by atoms with Gasteiger partial charge in [-0.2, -0.15) is 0 Å². The molecule has 1 rings (SSSR count). The number of carbonyl (C=O) groups is 2. The molecule has 0 spiro atoms. The summed E-state index contributed by atoms with van der Waals surface area (Å²) in [6.07, 6.45) is 0.216. The summed E-state index contributed by atoms with van der Waals surface area (Å²) in [5, 5.41) is 17.4. The molecule has 0 atom stereocenters. The molecule has 0 heterocycles. The van der Waals surface area contributed by atoms with Crippen LogP contribution < -0.4 is 4.90 Å². The van der Waals surface area contributed by atoms with Crippen molar-refractivity contribution < 1.29 is 19.8 Å². The van der Waals surface area contributed by atoms with Crippen LogP contribution in [0.5, 0.6) is 0 Å². The van der Waals surface area contributed by atoms with Gasteiger partial charge in [0.15, 0.2) is 0 Å². The van der Waals surface area contributed by atoms with E-state index in [-0.39, 0.29) is 12.8 Å². The Kier molecular flexibility index (Phi) is 6.68. The largest absolute Gasteiger partial charge is 0.481 e. The Balaban J connectivity index is 2.58. The number of hydrogen-bond acceptors (Lipinski definition) is 4. The van der Waals surface area contributed by atoms with Crippen molar-refractivity contribution in [2.75, 3.05) is 32.1 Å². The van der Waals surface area contributed by atoms with Gasteiger partial charge in [0.2, 0.25) is 0 Å². The molecular formula is C15H22N2O4. The second-order valence-electron chi connectivity index (χ2n) is 5.12. The molecule has 0 fully saturated rings. The molecule has 0 aliphatic rings. The number of hydrogen-bond donors (Lipinski definition) is 2. The summed E-state index contributed by atoms with van der Waals surface area (Å²) >= 11 is 0. The minimum absolute atomic E-state index is 0.0965. The molecule has 0 saturated heterocycles. The summed E-state index contributed by atoms with van der Waals surface area (Å²) in [6.45, 7) is 1.61. The van der Waals surface area contributed by atoms with Crippen LogP contribution in [0.15, 0.2) is 24.3 Å². The van der Waals surface area contributed by atoms with Crippen molar-refractivity contribution in [3.05, 3.63) is 29.8 Å². The number of carboxylic acid groups (broad SMARTS) is 2. The Hall–Kier alpha value is -2.08. The van der Waals surface area contributed by atoms with E-state index in [0.717, 1.165) is 11.3 Å². The quantitative estimate of drug-likeness (QED) is 0.718. The number of benzene rings is 1.